The number of nitrogens with one attached hydrogen (secondary N) is 1. The van der Waals surface area contributed by atoms with E-state index in [2.05, 4.69) is 53.5 Å². The standard InChI is InChI=1S/C16H23N3O/c1-4-19(5-2)15-8-6-14(7-9-15)11-17-12-16-10-13(3)18-20-16/h6-10,17H,4-5,11-12H2,1-3H3. The first kappa shape index (κ1) is 14.6. The van der Waals surface area contributed by atoms with Crippen LogP contribution in [0.3, 0.4) is 0 Å². The van der Waals surface area contributed by atoms with Gasteiger partial charge in [0.25, 0.3) is 0 Å². The number of aryl methyl sites for hydroxylation is 1. The van der Waals surface area contributed by atoms with Crippen LogP contribution in [0.2, 0.25) is 0 Å². The summed E-state index contributed by atoms with van der Waals surface area (Å²) < 4.78 is 5.16. The number of nitrogens with zero attached hydrogens (tertiary/aromatic N) is 2. The molecule has 0 saturated heterocycles. The van der Waals surface area contributed by atoms with Crippen molar-refractivity contribution in [3.05, 3.63) is 47.3 Å². The van der Waals surface area contributed by atoms with Crippen LogP contribution in [-0.4, -0.2) is 18.2 Å². The van der Waals surface area contributed by atoms with Crippen LogP contribution in [0.4, 0.5) is 5.69 Å². The maximum atomic E-state index is 5.16. The smallest absolute Gasteiger partial charge is 0.150 e. The Kier molecular flexibility index (Phi) is 5.18. The highest BCUT2D eigenvalue weighted by Gasteiger charge is 2.02. The molecule has 4 nitrogen and oxygen atoms in total. The van der Waals surface area contributed by atoms with E-state index < -0.39 is 0 Å². The molecule has 20 heavy (non-hydrogen) atoms. The molecule has 1 aromatic carbocycles. The van der Waals surface area contributed by atoms with Gasteiger partial charge in [-0.3, -0.25) is 0 Å². The van der Waals surface area contributed by atoms with Gasteiger partial charge in [-0.15, -0.1) is 0 Å². The van der Waals surface area contributed by atoms with Gasteiger partial charge in [0.15, 0.2) is 5.76 Å². The van der Waals surface area contributed by atoms with Crippen molar-refractivity contribution in [2.75, 3.05) is 18.0 Å². The Morgan fingerprint density at radius 1 is 1.10 bits per heavy atom. The molecular formula is C16H23N3O. The van der Waals surface area contributed by atoms with Crippen molar-refractivity contribution >= 4 is 5.69 Å². The minimum absolute atomic E-state index is 0.707. The highest BCUT2D eigenvalue weighted by molar-refractivity contribution is 5.47. The lowest BCUT2D eigenvalue weighted by Gasteiger charge is -2.21. The molecule has 0 aliphatic rings. The van der Waals surface area contributed by atoms with Gasteiger partial charge in [-0.05, 0) is 38.5 Å². The summed E-state index contributed by atoms with van der Waals surface area (Å²) in [5.41, 5.74) is 3.48. The molecule has 0 aliphatic heterocycles. The summed E-state index contributed by atoms with van der Waals surface area (Å²) in [6.45, 7) is 9.91. The number of anilines is 1. The summed E-state index contributed by atoms with van der Waals surface area (Å²) >= 11 is 0. The van der Waals surface area contributed by atoms with Crippen LogP contribution in [0.15, 0.2) is 34.9 Å². The van der Waals surface area contributed by atoms with Crippen molar-refractivity contribution in [3.8, 4) is 0 Å². The molecule has 0 spiro atoms. The van der Waals surface area contributed by atoms with Crippen molar-refractivity contribution in [3.63, 3.8) is 0 Å². The summed E-state index contributed by atoms with van der Waals surface area (Å²) in [6.07, 6.45) is 0. The third kappa shape index (κ3) is 3.84. The van der Waals surface area contributed by atoms with E-state index in [9.17, 15) is 0 Å². The second-order valence-corrected chi connectivity index (χ2v) is 4.88. The SMILES string of the molecule is CCN(CC)c1ccc(CNCc2cc(C)no2)cc1. The Bertz CT molecular complexity index is 515. The molecular weight excluding hydrogens is 250 g/mol. The van der Waals surface area contributed by atoms with Gasteiger partial charge in [0.1, 0.15) is 0 Å². The van der Waals surface area contributed by atoms with Crippen molar-refractivity contribution < 1.29 is 4.52 Å². The Labute approximate surface area is 120 Å². The first-order valence-electron chi connectivity index (χ1n) is 7.19. The minimum Gasteiger partial charge on any atom is -0.372 e. The molecule has 1 N–H and O–H groups in total. The van der Waals surface area contributed by atoms with E-state index in [4.69, 9.17) is 4.52 Å². The van der Waals surface area contributed by atoms with E-state index in [0.29, 0.717) is 6.54 Å². The minimum atomic E-state index is 0.707. The lowest BCUT2D eigenvalue weighted by Crippen LogP contribution is -2.21. The Morgan fingerprint density at radius 2 is 1.80 bits per heavy atom. The van der Waals surface area contributed by atoms with Gasteiger partial charge in [-0.1, -0.05) is 17.3 Å². The van der Waals surface area contributed by atoms with Gasteiger partial charge in [0, 0.05) is 31.4 Å². The quantitative estimate of drug-likeness (QED) is 0.841. The topological polar surface area (TPSA) is 41.3 Å². The molecule has 0 aliphatic carbocycles. The maximum absolute atomic E-state index is 5.16. The first-order chi connectivity index (χ1) is 9.72. The second kappa shape index (κ2) is 7.10. The predicted octanol–water partition coefficient (Wildman–Crippen LogP) is 3.12. The van der Waals surface area contributed by atoms with E-state index in [-0.39, 0.29) is 0 Å². The van der Waals surface area contributed by atoms with Crippen LogP contribution in [0.1, 0.15) is 30.9 Å². The van der Waals surface area contributed by atoms with Gasteiger partial charge < -0.3 is 14.7 Å². The molecule has 0 amide bonds. The zero-order chi connectivity index (χ0) is 14.4. The third-order valence-electron chi connectivity index (χ3n) is 3.37. The van der Waals surface area contributed by atoms with E-state index >= 15 is 0 Å². The van der Waals surface area contributed by atoms with E-state index in [1.54, 1.807) is 0 Å². The zero-order valence-electron chi connectivity index (χ0n) is 12.5. The van der Waals surface area contributed by atoms with Crippen molar-refractivity contribution in [2.45, 2.75) is 33.9 Å². The largest absolute Gasteiger partial charge is 0.372 e. The lowest BCUT2D eigenvalue weighted by atomic mass is 10.2. The van der Waals surface area contributed by atoms with Gasteiger partial charge >= 0.3 is 0 Å². The Morgan fingerprint density at radius 3 is 2.35 bits per heavy atom. The van der Waals surface area contributed by atoms with Crippen LogP contribution in [-0.2, 0) is 13.1 Å². The number of hydrogen-bond donors (Lipinski definition) is 1. The molecule has 0 atom stereocenters. The Hall–Kier alpha value is -1.81. The van der Waals surface area contributed by atoms with Gasteiger partial charge in [-0.2, -0.15) is 0 Å². The van der Waals surface area contributed by atoms with Crippen LogP contribution < -0.4 is 10.2 Å². The summed E-state index contributed by atoms with van der Waals surface area (Å²) in [5, 5.41) is 7.23. The van der Waals surface area contributed by atoms with Crippen molar-refractivity contribution in [2.24, 2.45) is 0 Å². The molecule has 108 valence electrons. The molecule has 4 heteroatoms. The average Bonchev–Trinajstić information content (AvgIpc) is 2.87. The highest BCUT2D eigenvalue weighted by atomic mass is 16.5. The molecule has 0 fully saturated rings. The molecule has 0 bridgehead atoms. The summed E-state index contributed by atoms with van der Waals surface area (Å²) in [7, 11) is 0. The molecule has 0 unspecified atom stereocenters. The van der Waals surface area contributed by atoms with Crippen molar-refractivity contribution in [1.29, 1.82) is 0 Å². The molecule has 1 heterocycles. The number of rotatable bonds is 7. The Balaban J connectivity index is 1.84. The molecule has 2 aromatic rings. The summed E-state index contributed by atoms with van der Waals surface area (Å²) in [4.78, 5) is 2.34. The molecule has 1 aromatic heterocycles. The molecule has 0 radical (unpaired) electrons. The molecule has 2 rings (SSSR count). The fourth-order valence-corrected chi connectivity index (χ4v) is 2.24. The fraction of sp³-hybridized carbons (Fsp3) is 0.438. The monoisotopic (exact) mass is 273 g/mol. The second-order valence-electron chi connectivity index (χ2n) is 4.88. The van der Waals surface area contributed by atoms with Crippen LogP contribution >= 0.6 is 0 Å². The zero-order valence-corrected chi connectivity index (χ0v) is 12.5. The average molecular weight is 273 g/mol. The number of aromatic nitrogens is 1. The lowest BCUT2D eigenvalue weighted by molar-refractivity contribution is 0.369. The fourth-order valence-electron chi connectivity index (χ4n) is 2.24. The first-order valence-corrected chi connectivity index (χ1v) is 7.19. The maximum Gasteiger partial charge on any atom is 0.150 e. The van der Waals surface area contributed by atoms with Gasteiger partial charge in [0.05, 0.1) is 12.2 Å². The van der Waals surface area contributed by atoms with Crippen LogP contribution in [0.25, 0.3) is 0 Å². The van der Waals surface area contributed by atoms with E-state index in [0.717, 1.165) is 31.1 Å². The number of benzene rings is 1. The predicted molar refractivity (Wildman–Crippen MR) is 81.8 cm³/mol. The van der Waals surface area contributed by atoms with Crippen LogP contribution in [0, 0.1) is 6.92 Å². The number of hydrogen-bond acceptors (Lipinski definition) is 4. The summed E-state index contributed by atoms with van der Waals surface area (Å²) in [6, 6.07) is 10.7. The summed E-state index contributed by atoms with van der Waals surface area (Å²) in [5.74, 6) is 0.877. The van der Waals surface area contributed by atoms with Gasteiger partial charge in [-0.25, -0.2) is 0 Å². The van der Waals surface area contributed by atoms with Crippen LogP contribution in [0.5, 0.6) is 0 Å². The van der Waals surface area contributed by atoms with Crippen molar-refractivity contribution in [1.82, 2.24) is 10.5 Å². The van der Waals surface area contributed by atoms with E-state index in [1.807, 2.05) is 13.0 Å². The van der Waals surface area contributed by atoms with Gasteiger partial charge in [0.2, 0.25) is 0 Å². The highest BCUT2D eigenvalue weighted by Crippen LogP contribution is 2.14. The normalized spacial score (nSPS) is 10.8. The van der Waals surface area contributed by atoms with E-state index in [1.165, 1.54) is 11.3 Å². The molecule has 0 saturated carbocycles. The third-order valence-corrected chi connectivity index (χ3v) is 3.37.